The van der Waals surface area contributed by atoms with Crippen LogP contribution < -0.4 is 5.69 Å². The maximum atomic E-state index is 14.2. The molecule has 1 amide bonds. The van der Waals surface area contributed by atoms with E-state index < -0.39 is 11.5 Å². The number of hydrogen-bond donors (Lipinski definition) is 1. The van der Waals surface area contributed by atoms with Gasteiger partial charge in [-0.05, 0) is 43.7 Å². The van der Waals surface area contributed by atoms with Crippen molar-refractivity contribution in [2.45, 2.75) is 58.8 Å². The summed E-state index contributed by atoms with van der Waals surface area (Å²) in [5.41, 5.74) is -0.212. The summed E-state index contributed by atoms with van der Waals surface area (Å²) in [5, 5.41) is 6.59. The third-order valence-electron chi connectivity index (χ3n) is 5.86. The highest BCUT2D eigenvalue weighted by molar-refractivity contribution is 5.78. The smallest absolute Gasteiger partial charge is 0.342 e. The number of carbonyl (C=O) groups excluding carboxylic acids is 1. The second-order valence-corrected chi connectivity index (χ2v) is 7.98. The Balaban J connectivity index is 1.64. The van der Waals surface area contributed by atoms with Crippen LogP contribution in [-0.2, 0) is 11.2 Å². The SMILES string of the molecule is CCCC(CCC)C(=O)N1CCC(Cc2n[nH]c(=O)n2-c2ccccc2F)CC1. The minimum absolute atomic E-state index is 0.138. The first-order valence-corrected chi connectivity index (χ1v) is 10.7. The number of likely N-dealkylation sites (tertiary alicyclic amines) is 1. The lowest BCUT2D eigenvalue weighted by Crippen LogP contribution is -2.42. The molecule has 1 aromatic carbocycles. The maximum absolute atomic E-state index is 14.2. The van der Waals surface area contributed by atoms with E-state index in [4.69, 9.17) is 0 Å². The molecule has 158 valence electrons. The van der Waals surface area contributed by atoms with Gasteiger partial charge in [0.05, 0.1) is 5.69 Å². The third-order valence-corrected chi connectivity index (χ3v) is 5.86. The standard InChI is InChI=1S/C22H31FN4O2/c1-3-7-17(8-4-2)21(28)26-13-11-16(12-14-26)15-20-24-25-22(29)27(20)19-10-6-5-9-18(19)23/h5-6,9-10,16-17H,3-4,7-8,11-15H2,1-2H3,(H,25,29). The van der Waals surface area contributed by atoms with Gasteiger partial charge in [0.1, 0.15) is 11.6 Å². The number of para-hydroxylation sites is 1. The molecule has 1 fully saturated rings. The van der Waals surface area contributed by atoms with Crippen molar-refractivity contribution in [1.82, 2.24) is 19.7 Å². The first-order valence-electron chi connectivity index (χ1n) is 10.7. The molecular weight excluding hydrogens is 371 g/mol. The monoisotopic (exact) mass is 402 g/mol. The van der Waals surface area contributed by atoms with E-state index in [0.29, 0.717) is 18.2 Å². The molecule has 6 nitrogen and oxygen atoms in total. The predicted molar refractivity (Wildman–Crippen MR) is 110 cm³/mol. The van der Waals surface area contributed by atoms with Gasteiger partial charge in [-0.25, -0.2) is 18.9 Å². The highest BCUT2D eigenvalue weighted by Crippen LogP contribution is 2.25. The molecule has 3 rings (SSSR count). The van der Waals surface area contributed by atoms with Crippen LogP contribution in [0.25, 0.3) is 5.69 Å². The van der Waals surface area contributed by atoms with E-state index in [1.807, 2.05) is 4.90 Å². The van der Waals surface area contributed by atoms with E-state index >= 15 is 0 Å². The van der Waals surface area contributed by atoms with Crippen LogP contribution in [0.5, 0.6) is 0 Å². The average molecular weight is 403 g/mol. The van der Waals surface area contributed by atoms with E-state index in [2.05, 4.69) is 24.0 Å². The molecule has 1 aromatic heterocycles. The molecule has 0 unspecified atom stereocenters. The van der Waals surface area contributed by atoms with Crippen molar-refractivity contribution in [3.63, 3.8) is 0 Å². The Morgan fingerprint density at radius 2 is 1.86 bits per heavy atom. The van der Waals surface area contributed by atoms with Crippen LogP contribution in [0.3, 0.4) is 0 Å². The Bertz CT molecular complexity index is 862. The van der Waals surface area contributed by atoms with Crippen LogP contribution in [0.15, 0.2) is 29.1 Å². The number of aromatic nitrogens is 3. The number of nitrogens with one attached hydrogen (secondary N) is 1. The van der Waals surface area contributed by atoms with Gasteiger partial charge < -0.3 is 4.90 Å². The molecule has 0 spiro atoms. The fourth-order valence-corrected chi connectivity index (χ4v) is 4.31. The van der Waals surface area contributed by atoms with Crippen LogP contribution in [-0.4, -0.2) is 38.7 Å². The molecule has 1 aliphatic rings. The molecule has 2 heterocycles. The fourth-order valence-electron chi connectivity index (χ4n) is 4.31. The van der Waals surface area contributed by atoms with Gasteiger partial charge in [0, 0.05) is 25.4 Å². The van der Waals surface area contributed by atoms with Gasteiger partial charge in [0.2, 0.25) is 5.91 Å². The quantitative estimate of drug-likeness (QED) is 0.732. The number of rotatable bonds is 8. The minimum Gasteiger partial charge on any atom is -0.342 e. The Hall–Kier alpha value is -2.44. The van der Waals surface area contributed by atoms with Crippen molar-refractivity contribution in [3.8, 4) is 5.69 Å². The van der Waals surface area contributed by atoms with Crippen molar-refractivity contribution in [3.05, 3.63) is 46.4 Å². The zero-order chi connectivity index (χ0) is 20.8. The van der Waals surface area contributed by atoms with Crippen LogP contribution in [0.4, 0.5) is 4.39 Å². The molecule has 0 aliphatic carbocycles. The predicted octanol–water partition coefficient (Wildman–Crippen LogP) is 3.70. The minimum atomic E-state index is -0.449. The molecule has 0 radical (unpaired) electrons. The van der Waals surface area contributed by atoms with E-state index in [0.717, 1.165) is 51.6 Å². The van der Waals surface area contributed by atoms with E-state index in [1.54, 1.807) is 18.2 Å². The number of aromatic amines is 1. The molecular formula is C22H31FN4O2. The molecule has 29 heavy (non-hydrogen) atoms. The summed E-state index contributed by atoms with van der Waals surface area (Å²) < 4.78 is 15.5. The Labute approximate surface area is 171 Å². The van der Waals surface area contributed by atoms with Gasteiger partial charge >= 0.3 is 5.69 Å². The highest BCUT2D eigenvalue weighted by atomic mass is 19.1. The molecule has 1 N–H and O–H groups in total. The van der Waals surface area contributed by atoms with Crippen molar-refractivity contribution >= 4 is 5.91 Å². The molecule has 0 saturated carbocycles. The lowest BCUT2D eigenvalue weighted by molar-refractivity contribution is -0.137. The van der Waals surface area contributed by atoms with Crippen LogP contribution in [0, 0.1) is 17.7 Å². The second-order valence-electron chi connectivity index (χ2n) is 7.98. The summed E-state index contributed by atoms with van der Waals surface area (Å²) in [7, 11) is 0. The fraction of sp³-hybridized carbons (Fsp3) is 0.591. The summed E-state index contributed by atoms with van der Waals surface area (Å²) >= 11 is 0. The van der Waals surface area contributed by atoms with Crippen molar-refractivity contribution in [1.29, 1.82) is 0 Å². The summed E-state index contributed by atoms with van der Waals surface area (Å²) in [6.07, 6.45) is 6.29. The highest BCUT2D eigenvalue weighted by Gasteiger charge is 2.28. The summed E-state index contributed by atoms with van der Waals surface area (Å²) in [6.45, 7) is 5.73. The first kappa shape index (κ1) is 21.3. The number of amides is 1. The van der Waals surface area contributed by atoms with Crippen molar-refractivity contribution in [2.24, 2.45) is 11.8 Å². The zero-order valence-corrected chi connectivity index (χ0v) is 17.4. The van der Waals surface area contributed by atoms with Gasteiger partial charge in [0.15, 0.2) is 0 Å². The number of hydrogen-bond acceptors (Lipinski definition) is 3. The number of benzene rings is 1. The number of H-pyrrole nitrogens is 1. The van der Waals surface area contributed by atoms with Crippen LogP contribution in [0.1, 0.15) is 58.2 Å². The normalized spacial score (nSPS) is 15.2. The third kappa shape index (κ3) is 4.95. The average Bonchev–Trinajstić information content (AvgIpc) is 3.08. The van der Waals surface area contributed by atoms with Gasteiger partial charge in [-0.1, -0.05) is 38.8 Å². The van der Waals surface area contributed by atoms with Gasteiger partial charge in [-0.2, -0.15) is 5.10 Å². The molecule has 0 bridgehead atoms. The number of carbonyl (C=O) groups is 1. The van der Waals surface area contributed by atoms with Crippen molar-refractivity contribution < 1.29 is 9.18 Å². The first-order chi connectivity index (χ1) is 14.0. The summed E-state index contributed by atoms with van der Waals surface area (Å²) in [5.74, 6) is 0.833. The Morgan fingerprint density at radius 1 is 1.21 bits per heavy atom. The summed E-state index contributed by atoms with van der Waals surface area (Å²) in [6, 6.07) is 6.22. The van der Waals surface area contributed by atoms with Crippen molar-refractivity contribution in [2.75, 3.05) is 13.1 Å². The zero-order valence-electron chi connectivity index (χ0n) is 17.4. The van der Waals surface area contributed by atoms with E-state index in [9.17, 15) is 14.0 Å². The maximum Gasteiger partial charge on any atom is 0.348 e. The molecule has 2 aromatic rings. The van der Waals surface area contributed by atoms with Crippen LogP contribution in [0.2, 0.25) is 0 Å². The lowest BCUT2D eigenvalue weighted by atomic mass is 9.91. The van der Waals surface area contributed by atoms with E-state index in [1.165, 1.54) is 10.6 Å². The molecule has 1 saturated heterocycles. The molecule has 0 atom stereocenters. The Kier molecular flexibility index (Phi) is 7.23. The van der Waals surface area contributed by atoms with Gasteiger partial charge in [-0.15, -0.1) is 0 Å². The second kappa shape index (κ2) is 9.85. The van der Waals surface area contributed by atoms with Gasteiger partial charge in [-0.3, -0.25) is 4.79 Å². The number of nitrogens with zero attached hydrogens (tertiary/aromatic N) is 3. The topological polar surface area (TPSA) is 71.0 Å². The lowest BCUT2D eigenvalue weighted by Gasteiger charge is -2.34. The number of halogens is 1. The van der Waals surface area contributed by atoms with Crippen LogP contribution >= 0.6 is 0 Å². The largest absolute Gasteiger partial charge is 0.348 e. The number of piperidine rings is 1. The van der Waals surface area contributed by atoms with E-state index in [-0.39, 0.29) is 17.5 Å². The molecule has 7 heteroatoms. The summed E-state index contributed by atoms with van der Waals surface area (Å²) in [4.78, 5) is 27.0. The molecule has 1 aliphatic heterocycles. The van der Waals surface area contributed by atoms with Gasteiger partial charge in [0.25, 0.3) is 0 Å². The Morgan fingerprint density at radius 3 is 2.48 bits per heavy atom.